The molecule has 0 spiro atoms. The molecule has 2 aliphatic carbocycles. The minimum atomic E-state index is -1.99. The van der Waals surface area contributed by atoms with E-state index >= 15 is 0 Å². The maximum atomic E-state index is 2.40. The van der Waals surface area contributed by atoms with Gasteiger partial charge in [-0.15, -0.1) is 0 Å². The Morgan fingerprint density at radius 3 is 1.77 bits per heavy atom. The second-order valence-electron chi connectivity index (χ2n) is 7.27. The van der Waals surface area contributed by atoms with Gasteiger partial charge in [-0.05, 0) is 0 Å². The molecule has 0 radical (unpaired) electrons. The Balaban J connectivity index is 0.00000121. The van der Waals surface area contributed by atoms with Gasteiger partial charge in [-0.2, -0.15) is 0 Å². The molecule has 2 aromatic carbocycles. The number of rotatable bonds is 2. The summed E-state index contributed by atoms with van der Waals surface area (Å²) in [7, 11) is 0. The van der Waals surface area contributed by atoms with Crippen LogP contribution in [0.15, 0.2) is 69.5 Å². The van der Waals surface area contributed by atoms with E-state index in [0.717, 1.165) is 0 Å². The topological polar surface area (TPSA) is 0 Å². The molecule has 0 saturated heterocycles. The number of allylic oxidation sites excluding steroid dienone is 4. The predicted octanol–water partition coefficient (Wildman–Crippen LogP) is 0.0747. The zero-order chi connectivity index (χ0) is 16.8. The van der Waals surface area contributed by atoms with Crippen molar-refractivity contribution in [3.63, 3.8) is 0 Å². The molecular weight excluding hydrogens is 438 g/mol. The monoisotopic (exact) mass is 460 g/mol. The number of hydrogen-bond acceptors (Lipinski definition) is 0. The fraction of sp³-hybridized carbons (Fsp3) is 0.261. The first-order valence-corrected chi connectivity index (χ1v) is 12.7. The molecule has 134 valence electrons. The first-order chi connectivity index (χ1) is 11.6. The summed E-state index contributed by atoms with van der Waals surface area (Å²) in [6.45, 7) is 9.50. The molecule has 0 amide bonds. The summed E-state index contributed by atoms with van der Waals surface area (Å²) in [5, 5.41) is 0. The molecule has 0 nitrogen and oxygen atoms in total. The van der Waals surface area contributed by atoms with Crippen LogP contribution >= 0.6 is 0 Å². The zero-order valence-corrected chi connectivity index (χ0v) is 19.7. The second-order valence-corrected chi connectivity index (χ2v) is 14.5. The molecule has 2 aliphatic rings. The van der Waals surface area contributed by atoms with Gasteiger partial charge >= 0.3 is 154 Å². The van der Waals surface area contributed by atoms with Gasteiger partial charge in [0.25, 0.3) is 0 Å². The fourth-order valence-corrected chi connectivity index (χ4v) is 13.4. The minimum absolute atomic E-state index is 0. The van der Waals surface area contributed by atoms with Gasteiger partial charge in [0.05, 0.1) is 0 Å². The maximum absolute atomic E-state index is 2.40. The quantitative estimate of drug-likeness (QED) is 0.593. The van der Waals surface area contributed by atoms with E-state index in [2.05, 4.69) is 88.4 Å². The maximum Gasteiger partial charge on any atom is -1.00 e. The molecule has 4 rings (SSSR count). The molecule has 1 unspecified atom stereocenters. The molecule has 0 fully saturated rings. The number of halogens is 2. The van der Waals surface area contributed by atoms with E-state index in [1.165, 1.54) is 11.1 Å². The van der Waals surface area contributed by atoms with E-state index in [-0.39, 0.29) is 24.8 Å². The smallest absolute Gasteiger partial charge is 1.00 e. The molecule has 26 heavy (non-hydrogen) atoms. The Morgan fingerprint density at radius 2 is 1.35 bits per heavy atom. The van der Waals surface area contributed by atoms with Crippen molar-refractivity contribution in [1.29, 1.82) is 0 Å². The molecule has 2 aromatic rings. The fourth-order valence-electron chi connectivity index (χ4n) is 4.47. The van der Waals surface area contributed by atoms with Crippen LogP contribution in [0.4, 0.5) is 0 Å². The first kappa shape index (κ1) is 21.6. The van der Waals surface area contributed by atoms with Crippen LogP contribution in [0, 0.1) is 5.92 Å². The van der Waals surface area contributed by atoms with E-state index in [9.17, 15) is 0 Å². The summed E-state index contributed by atoms with van der Waals surface area (Å²) in [6, 6.07) is 18.2. The van der Waals surface area contributed by atoms with E-state index in [1.807, 2.05) is 0 Å². The van der Waals surface area contributed by atoms with Crippen molar-refractivity contribution >= 4 is 3.21 Å². The SMILES string of the molecule is CC1=[C]([Zr+2](=[C](C)C)[CH]2c3ccccc3-c3ccccc32)C(C)C=C1.[Cl-].[Cl-]. The minimum Gasteiger partial charge on any atom is -1.00 e. The summed E-state index contributed by atoms with van der Waals surface area (Å²) in [4.78, 5) is 0. The Kier molecular flexibility index (Phi) is 7.05. The van der Waals surface area contributed by atoms with Gasteiger partial charge in [-0.25, -0.2) is 0 Å². The average molecular weight is 463 g/mol. The van der Waals surface area contributed by atoms with Crippen LogP contribution in [0.1, 0.15) is 42.4 Å². The van der Waals surface area contributed by atoms with Crippen LogP contribution in [-0.2, 0) is 21.3 Å². The molecule has 0 aliphatic heterocycles. The predicted molar refractivity (Wildman–Crippen MR) is 101 cm³/mol. The van der Waals surface area contributed by atoms with Crippen LogP contribution in [-0.4, -0.2) is 3.21 Å². The molecule has 0 aromatic heterocycles. The van der Waals surface area contributed by atoms with E-state index < -0.39 is 21.3 Å². The molecule has 0 heterocycles. The first-order valence-electron chi connectivity index (χ1n) is 8.84. The third kappa shape index (κ3) is 3.39. The molecule has 1 atom stereocenters. The van der Waals surface area contributed by atoms with Crippen molar-refractivity contribution < 1.29 is 46.1 Å². The van der Waals surface area contributed by atoms with Crippen LogP contribution in [0.5, 0.6) is 0 Å². The number of benzene rings is 2. The van der Waals surface area contributed by atoms with Crippen molar-refractivity contribution in [2.75, 3.05) is 0 Å². The number of hydrogen-bond donors (Lipinski definition) is 0. The van der Waals surface area contributed by atoms with Crippen molar-refractivity contribution in [2.45, 2.75) is 31.3 Å². The van der Waals surface area contributed by atoms with Gasteiger partial charge in [0.2, 0.25) is 0 Å². The van der Waals surface area contributed by atoms with Gasteiger partial charge in [-0.3, -0.25) is 0 Å². The van der Waals surface area contributed by atoms with E-state index in [4.69, 9.17) is 0 Å². The van der Waals surface area contributed by atoms with Gasteiger partial charge in [0, 0.05) is 0 Å². The largest absolute Gasteiger partial charge is 1.00 e. The zero-order valence-electron chi connectivity index (χ0n) is 15.7. The third-order valence-electron chi connectivity index (χ3n) is 5.47. The van der Waals surface area contributed by atoms with Crippen LogP contribution in [0.2, 0.25) is 0 Å². The summed E-state index contributed by atoms with van der Waals surface area (Å²) >= 11 is -1.99. The molecular formula is C23H24Cl2Zr. The Bertz CT molecular complexity index is 872. The van der Waals surface area contributed by atoms with Crippen LogP contribution in [0.3, 0.4) is 0 Å². The van der Waals surface area contributed by atoms with Gasteiger partial charge in [-0.1, -0.05) is 0 Å². The molecule has 0 bridgehead atoms. The Labute approximate surface area is 177 Å². The van der Waals surface area contributed by atoms with E-state index in [1.54, 1.807) is 23.2 Å². The van der Waals surface area contributed by atoms with Gasteiger partial charge in [0.15, 0.2) is 0 Å². The Morgan fingerprint density at radius 1 is 0.846 bits per heavy atom. The number of fused-ring (bicyclic) bond motifs is 3. The van der Waals surface area contributed by atoms with Gasteiger partial charge < -0.3 is 24.8 Å². The van der Waals surface area contributed by atoms with Gasteiger partial charge in [0.1, 0.15) is 0 Å². The molecule has 0 saturated carbocycles. The summed E-state index contributed by atoms with van der Waals surface area (Å²) in [5.41, 5.74) is 7.63. The second kappa shape index (κ2) is 8.51. The summed E-state index contributed by atoms with van der Waals surface area (Å²) < 4.78 is 4.14. The van der Waals surface area contributed by atoms with Crippen molar-refractivity contribution in [1.82, 2.24) is 0 Å². The standard InChI is InChI=1S/C13H9.C7H9.C3H6.2ClH.Zr/c1-3-7-12-10(5-1)9-11-6-2-4-8-13(11)12;1-6-3-4-7(2)5-6;1-3-2;;;/h1-9H;3-4,6H,1-2H3;1-2H3;2*1H;/q;;;;;+2/p-2. The molecule has 0 N–H and O–H groups in total. The van der Waals surface area contributed by atoms with Crippen molar-refractivity contribution in [2.24, 2.45) is 5.92 Å². The summed E-state index contributed by atoms with van der Waals surface area (Å²) in [5.74, 6) is 0.620. The average Bonchev–Trinajstić information content (AvgIpc) is 3.08. The van der Waals surface area contributed by atoms with Crippen LogP contribution < -0.4 is 24.8 Å². The molecule has 3 heteroatoms. The third-order valence-corrected chi connectivity index (χ3v) is 14.6. The van der Waals surface area contributed by atoms with Crippen molar-refractivity contribution in [3.05, 3.63) is 80.7 Å². The Hall–Kier alpha value is -0.747. The van der Waals surface area contributed by atoms with Crippen molar-refractivity contribution in [3.8, 4) is 11.1 Å². The van der Waals surface area contributed by atoms with Crippen LogP contribution in [0.25, 0.3) is 11.1 Å². The van der Waals surface area contributed by atoms with E-state index in [0.29, 0.717) is 9.54 Å². The summed E-state index contributed by atoms with van der Waals surface area (Å²) in [6.07, 6.45) is 4.76. The normalized spacial score (nSPS) is 17.0.